The summed E-state index contributed by atoms with van der Waals surface area (Å²) in [4.78, 5) is 34.4. The predicted molar refractivity (Wildman–Crippen MR) is 77.5 cm³/mol. The Hall–Kier alpha value is -1.85. The van der Waals surface area contributed by atoms with Crippen molar-refractivity contribution in [2.24, 2.45) is 17.8 Å². The Balaban J connectivity index is 2.62. The van der Waals surface area contributed by atoms with Crippen LogP contribution in [0.4, 0.5) is 0 Å². The van der Waals surface area contributed by atoms with E-state index in [2.05, 4.69) is 38.1 Å². The molecule has 1 heterocycles. The van der Waals surface area contributed by atoms with Gasteiger partial charge in [0.25, 0.3) is 11.1 Å². The first-order chi connectivity index (χ1) is 9.31. The predicted octanol–water partition coefficient (Wildman–Crippen LogP) is 0.581. The van der Waals surface area contributed by atoms with Crippen LogP contribution in [0.15, 0.2) is 21.7 Å². The van der Waals surface area contributed by atoms with Crippen molar-refractivity contribution in [2.75, 3.05) is 6.54 Å². The normalized spacial score (nSPS) is 11.3. The van der Waals surface area contributed by atoms with Gasteiger partial charge in [-0.25, -0.2) is 4.68 Å². The molecule has 0 aliphatic heterocycles. The van der Waals surface area contributed by atoms with E-state index in [1.807, 2.05) is 0 Å². The highest BCUT2D eigenvalue weighted by Crippen LogP contribution is 2.19. The summed E-state index contributed by atoms with van der Waals surface area (Å²) in [6.07, 6.45) is 0. The van der Waals surface area contributed by atoms with Gasteiger partial charge in [0.15, 0.2) is 0 Å². The van der Waals surface area contributed by atoms with E-state index in [0.29, 0.717) is 24.3 Å². The van der Waals surface area contributed by atoms with Crippen LogP contribution in [0.2, 0.25) is 0 Å². The second-order valence-corrected chi connectivity index (χ2v) is 5.69. The van der Waals surface area contributed by atoms with E-state index >= 15 is 0 Å². The quantitative estimate of drug-likeness (QED) is 0.800. The molecule has 0 saturated heterocycles. The van der Waals surface area contributed by atoms with E-state index in [4.69, 9.17) is 0 Å². The molecule has 0 atom stereocenters. The van der Waals surface area contributed by atoms with Gasteiger partial charge in [0.1, 0.15) is 6.54 Å². The molecule has 1 aromatic rings. The number of aromatic amines is 1. The van der Waals surface area contributed by atoms with Gasteiger partial charge >= 0.3 is 0 Å². The number of amides is 1. The SMILES string of the molecule is CC(C)C(CNC(=O)Cn1[nH]c(=O)ccc1=O)C(C)C. The van der Waals surface area contributed by atoms with Crippen molar-refractivity contribution in [3.05, 3.63) is 32.8 Å². The van der Waals surface area contributed by atoms with E-state index in [1.54, 1.807) is 0 Å². The summed E-state index contributed by atoms with van der Waals surface area (Å²) < 4.78 is 1.01. The van der Waals surface area contributed by atoms with Gasteiger partial charge in [0.2, 0.25) is 5.91 Å². The standard InChI is InChI=1S/C14H23N3O3/c1-9(2)11(10(3)4)7-15-13(19)8-17-14(20)6-5-12(18)16-17/h5-6,9-11H,7-8H2,1-4H3,(H,15,19)(H,16,18). The molecular formula is C14H23N3O3. The smallest absolute Gasteiger partial charge is 0.265 e. The van der Waals surface area contributed by atoms with Crippen LogP contribution >= 0.6 is 0 Å². The number of aromatic nitrogens is 2. The molecule has 1 aromatic heterocycles. The minimum Gasteiger partial charge on any atom is -0.354 e. The molecule has 0 fully saturated rings. The molecule has 0 saturated carbocycles. The van der Waals surface area contributed by atoms with Crippen molar-refractivity contribution < 1.29 is 4.79 Å². The lowest BCUT2D eigenvalue weighted by atomic mass is 9.85. The van der Waals surface area contributed by atoms with Crippen molar-refractivity contribution in [3.63, 3.8) is 0 Å². The Bertz CT molecular complexity index is 549. The number of hydrogen-bond donors (Lipinski definition) is 2. The fraction of sp³-hybridized carbons (Fsp3) is 0.643. The van der Waals surface area contributed by atoms with Crippen molar-refractivity contribution in [1.82, 2.24) is 15.1 Å². The minimum atomic E-state index is -0.403. The largest absolute Gasteiger partial charge is 0.354 e. The summed E-state index contributed by atoms with van der Waals surface area (Å²) in [5.41, 5.74) is -0.802. The molecule has 1 rings (SSSR count). The molecule has 0 radical (unpaired) electrons. The maximum absolute atomic E-state index is 11.8. The molecule has 0 spiro atoms. The van der Waals surface area contributed by atoms with Crippen molar-refractivity contribution in [2.45, 2.75) is 34.2 Å². The Kier molecular flexibility index (Phi) is 5.73. The van der Waals surface area contributed by atoms with Gasteiger partial charge in [-0.1, -0.05) is 27.7 Å². The number of carbonyl (C=O) groups is 1. The fourth-order valence-corrected chi connectivity index (χ4v) is 2.25. The first kappa shape index (κ1) is 16.2. The van der Waals surface area contributed by atoms with Gasteiger partial charge in [0.05, 0.1) is 0 Å². The van der Waals surface area contributed by atoms with E-state index in [-0.39, 0.29) is 12.5 Å². The summed E-state index contributed by atoms with van der Waals surface area (Å²) in [6, 6.07) is 2.29. The number of H-pyrrole nitrogens is 1. The summed E-state index contributed by atoms with van der Waals surface area (Å²) in [5.74, 6) is 1.04. The molecule has 1 amide bonds. The maximum Gasteiger partial charge on any atom is 0.265 e. The molecule has 0 aliphatic rings. The molecule has 0 unspecified atom stereocenters. The number of nitrogens with zero attached hydrogens (tertiary/aromatic N) is 1. The molecule has 0 aromatic carbocycles. The van der Waals surface area contributed by atoms with Gasteiger partial charge in [-0.15, -0.1) is 0 Å². The molecular weight excluding hydrogens is 258 g/mol. The minimum absolute atomic E-state index is 0.169. The molecule has 6 heteroatoms. The van der Waals surface area contributed by atoms with Crippen LogP contribution in [0.3, 0.4) is 0 Å². The van der Waals surface area contributed by atoms with Gasteiger partial charge in [-0.2, -0.15) is 0 Å². The lowest BCUT2D eigenvalue weighted by molar-refractivity contribution is -0.122. The average molecular weight is 281 g/mol. The lowest BCUT2D eigenvalue weighted by Gasteiger charge is -2.25. The zero-order chi connectivity index (χ0) is 15.3. The van der Waals surface area contributed by atoms with Crippen LogP contribution in [-0.4, -0.2) is 22.2 Å². The first-order valence-electron chi connectivity index (χ1n) is 6.88. The molecule has 0 bridgehead atoms. The monoisotopic (exact) mass is 281 g/mol. The van der Waals surface area contributed by atoms with Crippen molar-refractivity contribution >= 4 is 5.91 Å². The van der Waals surface area contributed by atoms with Crippen LogP contribution in [0.25, 0.3) is 0 Å². The van der Waals surface area contributed by atoms with Gasteiger partial charge in [-0.3, -0.25) is 19.5 Å². The van der Waals surface area contributed by atoms with Gasteiger partial charge < -0.3 is 5.32 Å². The molecule has 20 heavy (non-hydrogen) atoms. The lowest BCUT2D eigenvalue weighted by Crippen LogP contribution is -2.39. The Morgan fingerprint density at radius 2 is 1.80 bits per heavy atom. The Morgan fingerprint density at radius 3 is 2.35 bits per heavy atom. The Labute approximate surface area is 118 Å². The topological polar surface area (TPSA) is 84.0 Å². The second kappa shape index (κ2) is 7.07. The van der Waals surface area contributed by atoms with Crippen LogP contribution < -0.4 is 16.4 Å². The third kappa shape index (κ3) is 4.68. The highest BCUT2D eigenvalue weighted by molar-refractivity contribution is 5.75. The van der Waals surface area contributed by atoms with Crippen molar-refractivity contribution in [1.29, 1.82) is 0 Å². The number of nitrogens with one attached hydrogen (secondary N) is 2. The number of rotatable bonds is 6. The highest BCUT2D eigenvalue weighted by atomic mass is 16.2. The van der Waals surface area contributed by atoms with E-state index in [1.165, 1.54) is 0 Å². The summed E-state index contributed by atoms with van der Waals surface area (Å²) in [6.45, 7) is 8.88. The zero-order valence-corrected chi connectivity index (χ0v) is 12.5. The summed E-state index contributed by atoms with van der Waals surface area (Å²) in [7, 11) is 0. The third-order valence-corrected chi connectivity index (χ3v) is 3.44. The summed E-state index contributed by atoms with van der Waals surface area (Å²) in [5, 5.41) is 5.15. The molecule has 112 valence electrons. The number of hydrogen-bond acceptors (Lipinski definition) is 3. The summed E-state index contributed by atoms with van der Waals surface area (Å²) >= 11 is 0. The molecule has 6 nitrogen and oxygen atoms in total. The van der Waals surface area contributed by atoms with Gasteiger partial charge in [0, 0.05) is 18.7 Å². The van der Waals surface area contributed by atoms with E-state index < -0.39 is 11.1 Å². The second-order valence-electron chi connectivity index (χ2n) is 5.69. The van der Waals surface area contributed by atoms with E-state index in [0.717, 1.165) is 16.8 Å². The van der Waals surface area contributed by atoms with Crippen LogP contribution in [0.1, 0.15) is 27.7 Å². The van der Waals surface area contributed by atoms with Crippen LogP contribution in [0.5, 0.6) is 0 Å². The molecule has 2 N–H and O–H groups in total. The highest BCUT2D eigenvalue weighted by Gasteiger charge is 2.18. The molecule has 0 aliphatic carbocycles. The third-order valence-electron chi connectivity index (χ3n) is 3.44. The van der Waals surface area contributed by atoms with Crippen LogP contribution in [0, 0.1) is 17.8 Å². The van der Waals surface area contributed by atoms with E-state index in [9.17, 15) is 14.4 Å². The maximum atomic E-state index is 11.8. The van der Waals surface area contributed by atoms with Gasteiger partial charge in [-0.05, 0) is 17.8 Å². The zero-order valence-electron chi connectivity index (χ0n) is 12.5. The van der Waals surface area contributed by atoms with Crippen molar-refractivity contribution in [3.8, 4) is 0 Å². The Morgan fingerprint density at radius 1 is 1.20 bits per heavy atom. The van der Waals surface area contributed by atoms with Crippen LogP contribution in [-0.2, 0) is 11.3 Å². The average Bonchev–Trinajstić information content (AvgIpc) is 2.33. The first-order valence-corrected chi connectivity index (χ1v) is 6.88. The number of carbonyl (C=O) groups excluding carboxylic acids is 1. The fourth-order valence-electron chi connectivity index (χ4n) is 2.25.